The normalized spacial score (nSPS) is 10.0. The lowest BCUT2D eigenvalue weighted by Gasteiger charge is -2.09. The van der Waals surface area contributed by atoms with Crippen LogP contribution in [0.2, 0.25) is 0 Å². The summed E-state index contributed by atoms with van der Waals surface area (Å²) in [6, 6.07) is 13.3. The Balaban J connectivity index is 1.86. The summed E-state index contributed by atoms with van der Waals surface area (Å²) in [5.74, 6) is -0.941. The number of hydrogen-bond donors (Lipinski definition) is 4. The lowest BCUT2D eigenvalue weighted by atomic mass is 10.2. The number of hydrogen-bond acceptors (Lipinski definition) is 4. The fourth-order valence-electron chi connectivity index (χ4n) is 2.22. The van der Waals surface area contributed by atoms with Crippen molar-refractivity contribution in [1.29, 1.82) is 0 Å². The summed E-state index contributed by atoms with van der Waals surface area (Å²) in [4.78, 5) is 35.0. The van der Waals surface area contributed by atoms with Crippen molar-refractivity contribution in [1.82, 2.24) is 5.32 Å². The largest absolute Gasteiger partial charge is 0.376 e. The Bertz CT molecular complexity index is 788. The molecular weight excluding hydrogens is 332 g/mol. The molecule has 5 N–H and O–H groups in total. The summed E-state index contributed by atoms with van der Waals surface area (Å²) >= 11 is 0. The summed E-state index contributed by atoms with van der Waals surface area (Å²) in [5.41, 5.74) is 7.33. The van der Waals surface area contributed by atoms with E-state index in [1.165, 1.54) is 6.07 Å². The Labute approximate surface area is 152 Å². The van der Waals surface area contributed by atoms with Gasteiger partial charge in [-0.2, -0.15) is 0 Å². The van der Waals surface area contributed by atoms with Crippen molar-refractivity contribution in [3.63, 3.8) is 0 Å². The molecule has 0 bridgehead atoms. The fraction of sp³-hybridized carbons (Fsp3) is 0.211. The molecule has 0 heterocycles. The topological polar surface area (TPSA) is 113 Å². The van der Waals surface area contributed by atoms with Crippen molar-refractivity contribution in [2.75, 3.05) is 23.7 Å². The second-order valence-corrected chi connectivity index (χ2v) is 5.68. The van der Waals surface area contributed by atoms with Gasteiger partial charge in [0.2, 0.25) is 11.8 Å². The van der Waals surface area contributed by atoms with E-state index < -0.39 is 5.91 Å². The van der Waals surface area contributed by atoms with Crippen LogP contribution in [0.3, 0.4) is 0 Å². The van der Waals surface area contributed by atoms with Gasteiger partial charge in [0.25, 0.3) is 5.91 Å². The third kappa shape index (κ3) is 5.62. The zero-order valence-electron chi connectivity index (χ0n) is 14.5. The van der Waals surface area contributed by atoms with E-state index in [0.29, 0.717) is 23.4 Å². The summed E-state index contributed by atoms with van der Waals surface area (Å²) < 4.78 is 0. The summed E-state index contributed by atoms with van der Waals surface area (Å²) in [6.45, 7) is 2.67. The first-order valence-corrected chi connectivity index (χ1v) is 8.31. The molecule has 7 nitrogen and oxygen atoms in total. The number of nitrogens with one attached hydrogen (secondary N) is 3. The Hall–Kier alpha value is -3.35. The maximum absolute atomic E-state index is 12.0. The Morgan fingerprint density at radius 3 is 2.35 bits per heavy atom. The zero-order chi connectivity index (χ0) is 18.9. The van der Waals surface area contributed by atoms with E-state index in [2.05, 4.69) is 16.0 Å². The molecular formula is C19H22N4O3. The first-order chi connectivity index (χ1) is 12.5. The minimum Gasteiger partial charge on any atom is -0.376 e. The molecule has 7 heteroatoms. The van der Waals surface area contributed by atoms with E-state index in [4.69, 9.17) is 5.73 Å². The Morgan fingerprint density at radius 1 is 0.962 bits per heavy atom. The summed E-state index contributed by atoms with van der Waals surface area (Å²) in [6.07, 6.45) is 0.878. The summed E-state index contributed by atoms with van der Waals surface area (Å²) in [5, 5.41) is 8.46. The van der Waals surface area contributed by atoms with Crippen molar-refractivity contribution >= 4 is 29.1 Å². The van der Waals surface area contributed by atoms with Crippen LogP contribution in [-0.4, -0.2) is 30.8 Å². The van der Waals surface area contributed by atoms with E-state index in [1.54, 1.807) is 42.5 Å². The highest BCUT2D eigenvalue weighted by atomic mass is 16.2. The number of rotatable bonds is 8. The van der Waals surface area contributed by atoms with Crippen LogP contribution in [0.4, 0.5) is 11.4 Å². The van der Waals surface area contributed by atoms with Gasteiger partial charge in [0.05, 0.1) is 6.54 Å². The highest BCUT2D eigenvalue weighted by Gasteiger charge is 2.07. The van der Waals surface area contributed by atoms with Crippen molar-refractivity contribution in [2.24, 2.45) is 5.73 Å². The van der Waals surface area contributed by atoms with Crippen molar-refractivity contribution in [2.45, 2.75) is 13.3 Å². The number of primary amides is 1. The molecule has 2 aromatic rings. The maximum Gasteiger partial charge on any atom is 0.251 e. The predicted molar refractivity (Wildman–Crippen MR) is 101 cm³/mol. The molecule has 0 radical (unpaired) electrons. The lowest BCUT2D eigenvalue weighted by molar-refractivity contribution is -0.114. The molecule has 136 valence electrons. The average Bonchev–Trinajstić information content (AvgIpc) is 2.65. The SMILES string of the molecule is CCCNC(=O)c1ccc(NCC(=O)Nc2cccc(C(N)=O)c2)cc1. The van der Waals surface area contributed by atoms with Crippen LogP contribution in [0, 0.1) is 0 Å². The van der Waals surface area contributed by atoms with Crippen LogP contribution in [0.25, 0.3) is 0 Å². The van der Waals surface area contributed by atoms with E-state index in [9.17, 15) is 14.4 Å². The van der Waals surface area contributed by atoms with Gasteiger partial charge in [-0.1, -0.05) is 13.0 Å². The number of anilines is 2. The maximum atomic E-state index is 12.0. The van der Waals surface area contributed by atoms with Crippen LogP contribution in [0.5, 0.6) is 0 Å². The molecule has 0 saturated heterocycles. The number of carbonyl (C=O) groups is 3. The lowest BCUT2D eigenvalue weighted by Crippen LogP contribution is -2.24. The Kier molecular flexibility index (Phi) is 6.73. The number of nitrogens with two attached hydrogens (primary N) is 1. The van der Waals surface area contributed by atoms with E-state index in [-0.39, 0.29) is 18.4 Å². The predicted octanol–water partition coefficient (Wildman–Crippen LogP) is 1.98. The molecule has 3 amide bonds. The van der Waals surface area contributed by atoms with Gasteiger partial charge in [0.1, 0.15) is 0 Å². The number of amides is 3. The summed E-state index contributed by atoms with van der Waals surface area (Å²) in [7, 11) is 0. The quantitative estimate of drug-likeness (QED) is 0.580. The minimum atomic E-state index is -0.553. The van der Waals surface area contributed by atoms with Crippen LogP contribution in [0.15, 0.2) is 48.5 Å². The minimum absolute atomic E-state index is 0.0438. The van der Waals surface area contributed by atoms with Crippen molar-refractivity contribution < 1.29 is 14.4 Å². The first-order valence-electron chi connectivity index (χ1n) is 8.31. The van der Waals surface area contributed by atoms with Gasteiger partial charge in [-0.25, -0.2) is 0 Å². The fourth-order valence-corrected chi connectivity index (χ4v) is 2.22. The van der Waals surface area contributed by atoms with Gasteiger partial charge >= 0.3 is 0 Å². The highest BCUT2D eigenvalue weighted by Crippen LogP contribution is 2.11. The molecule has 0 spiro atoms. The molecule has 0 aliphatic rings. The third-order valence-electron chi connectivity index (χ3n) is 3.57. The number of benzene rings is 2. The molecule has 0 aliphatic heterocycles. The second-order valence-electron chi connectivity index (χ2n) is 5.68. The van der Waals surface area contributed by atoms with Crippen molar-refractivity contribution in [3.8, 4) is 0 Å². The third-order valence-corrected chi connectivity index (χ3v) is 3.57. The monoisotopic (exact) mass is 354 g/mol. The molecule has 0 saturated carbocycles. The molecule has 0 atom stereocenters. The molecule has 0 unspecified atom stereocenters. The van der Waals surface area contributed by atoms with E-state index in [0.717, 1.165) is 12.1 Å². The van der Waals surface area contributed by atoms with E-state index in [1.807, 2.05) is 6.92 Å². The highest BCUT2D eigenvalue weighted by molar-refractivity contribution is 5.97. The first kappa shape index (κ1) is 19.0. The van der Waals surface area contributed by atoms with Crippen LogP contribution < -0.4 is 21.7 Å². The van der Waals surface area contributed by atoms with Gasteiger partial charge in [0.15, 0.2) is 0 Å². The van der Waals surface area contributed by atoms with E-state index >= 15 is 0 Å². The van der Waals surface area contributed by atoms with Crippen LogP contribution in [0.1, 0.15) is 34.1 Å². The average molecular weight is 354 g/mol. The van der Waals surface area contributed by atoms with Gasteiger partial charge in [-0.05, 0) is 48.9 Å². The van der Waals surface area contributed by atoms with Gasteiger partial charge in [-0.3, -0.25) is 14.4 Å². The van der Waals surface area contributed by atoms with Gasteiger partial charge < -0.3 is 21.7 Å². The second kappa shape index (κ2) is 9.22. The van der Waals surface area contributed by atoms with Crippen molar-refractivity contribution in [3.05, 3.63) is 59.7 Å². The molecule has 2 rings (SSSR count). The Morgan fingerprint density at radius 2 is 1.69 bits per heavy atom. The van der Waals surface area contributed by atoms with Gasteiger partial charge in [-0.15, -0.1) is 0 Å². The standard InChI is InChI=1S/C19H22N4O3/c1-2-10-21-19(26)13-6-8-15(9-7-13)22-12-17(24)23-16-5-3-4-14(11-16)18(20)25/h3-9,11,22H,2,10,12H2,1H3,(H2,20,25)(H,21,26)(H,23,24). The van der Waals surface area contributed by atoms with Gasteiger partial charge in [0, 0.05) is 29.0 Å². The smallest absolute Gasteiger partial charge is 0.251 e. The molecule has 0 aliphatic carbocycles. The van der Waals surface area contributed by atoms with Crippen LogP contribution in [-0.2, 0) is 4.79 Å². The van der Waals surface area contributed by atoms with Crippen LogP contribution >= 0.6 is 0 Å². The molecule has 0 fully saturated rings. The molecule has 26 heavy (non-hydrogen) atoms. The number of carbonyl (C=O) groups excluding carboxylic acids is 3. The molecule has 2 aromatic carbocycles. The zero-order valence-corrected chi connectivity index (χ0v) is 14.5. The molecule has 0 aromatic heterocycles.